The molecule has 150 valence electrons. The topological polar surface area (TPSA) is 87.9 Å². The number of amides is 2. The van der Waals surface area contributed by atoms with Crippen LogP contribution in [0, 0.1) is 0 Å². The summed E-state index contributed by atoms with van der Waals surface area (Å²) in [6, 6.07) is 11.2. The van der Waals surface area contributed by atoms with E-state index in [0.29, 0.717) is 19.0 Å². The van der Waals surface area contributed by atoms with Crippen LogP contribution in [0.5, 0.6) is 0 Å². The SMILES string of the molecule is O=C(CN(CCN1CCCC1)C(=O)COCc1ccccc1)Nc1ccon1. The number of hydrogen-bond acceptors (Lipinski definition) is 6. The molecule has 28 heavy (non-hydrogen) atoms. The summed E-state index contributed by atoms with van der Waals surface area (Å²) >= 11 is 0. The molecular weight excluding hydrogens is 360 g/mol. The maximum Gasteiger partial charge on any atom is 0.249 e. The largest absolute Gasteiger partial charge is 0.367 e. The highest BCUT2D eigenvalue weighted by molar-refractivity contribution is 5.93. The standard InChI is InChI=1S/C20H26N4O4/c25-19(21-18-8-13-28-22-18)14-24(12-11-23-9-4-5-10-23)20(26)16-27-15-17-6-2-1-3-7-17/h1-3,6-8,13H,4-5,9-12,14-16H2,(H,21,22,25). The van der Waals surface area contributed by atoms with Gasteiger partial charge in [0, 0.05) is 19.2 Å². The van der Waals surface area contributed by atoms with Crippen molar-refractivity contribution in [3.05, 3.63) is 48.2 Å². The normalized spacial score (nSPS) is 14.1. The molecule has 1 aliphatic rings. The number of carbonyl (C=O) groups excluding carboxylic acids is 2. The van der Waals surface area contributed by atoms with E-state index in [4.69, 9.17) is 9.26 Å². The highest BCUT2D eigenvalue weighted by Gasteiger charge is 2.20. The van der Waals surface area contributed by atoms with Crippen LogP contribution in [0.3, 0.4) is 0 Å². The first-order valence-corrected chi connectivity index (χ1v) is 9.53. The minimum Gasteiger partial charge on any atom is -0.367 e. The van der Waals surface area contributed by atoms with Gasteiger partial charge in [-0.05, 0) is 31.5 Å². The third-order valence-electron chi connectivity index (χ3n) is 4.61. The Labute approximate surface area is 164 Å². The van der Waals surface area contributed by atoms with Crippen LogP contribution in [0.25, 0.3) is 0 Å². The van der Waals surface area contributed by atoms with E-state index in [1.54, 1.807) is 11.0 Å². The summed E-state index contributed by atoms with van der Waals surface area (Å²) in [7, 11) is 0. The van der Waals surface area contributed by atoms with Crippen molar-refractivity contribution in [3.63, 3.8) is 0 Å². The molecule has 1 saturated heterocycles. The summed E-state index contributed by atoms with van der Waals surface area (Å²) < 4.78 is 10.3. The van der Waals surface area contributed by atoms with Crippen molar-refractivity contribution in [1.29, 1.82) is 0 Å². The molecule has 8 heteroatoms. The second-order valence-corrected chi connectivity index (χ2v) is 6.78. The molecule has 2 aromatic rings. The van der Waals surface area contributed by atoms with Crippen LogP contribution >= 0.6 is 0 Å². The Morgan fingerprint density at radius 2 is 1.96 bits per heavy atom. The number of anilines is 1. The van der Waals surface area contributed by atoms with Gasteiger partial charge in [0.25, 0.3) is 0 Å². The summed E-state index contributed by atoms with van der Waals surface area (Å²) in [6.45, 7) is 3.56. The van der Waals surface area contributed by atoms with Crippen LogP contribution in [-0.4, -0.2) is 66.1 Å². The fraction of sp³-hybridized carbons (Fsp3) is 0.450. The van der Waals surface area contributed by atoms with E-state index in [-0.39, 0.29) is 25.0 Å². The van der Waals surface area contributed by atoms with Gasteiger partial charge in [0.05, 0.1) is 6.61 Å². The number of carbonyl (C=O) groups is 2. The molecule has 1 aromatic heterocycles. The minimum absolute atomic E-state index is 0.0474. The summed E-state index contributed by atoms with van der Waals surface area (Å²) in [6.07, 6.45) is 3.74. The molecule has 2 heterocycles. The molecular formula is C20H26N4O4. The van der Waals surface area contributed by atoms with Gasteiger partial charge in [-0.15, -0.1) is 0 Å². The number of nitrogens with zero attached hydrogens (tertiary/aromatic N) is 3. The van der Waals surface area contributed by atoms with Gasteiger partial charge >= 0.3 is 0 Å². The number of benzene rings is 1. The van der Waals surface area contributed by atoms with Gasteiger partial charge in [-0.25, -0.2) is 0 Å². The van der Waals surface area contributed by atoms with Crippen molar-refractivity contribution < 1.29 is 18.8 Å². The molecule has 0 radical (unpaired) electrons. The molecule has 0 saturated carbocycles. The quantitative estimate of drug-likeness (QED) is 0.669. The zero-order valence-corrected chi connectivity index (χ0v) is 15.9. The van der Waals surface area contributed by atoms with Crippen LogP contribution < -0.4 is 5.32 Å². The molecule has 8 nitrogen and oxygen atoms in total. The van der Waals surface area contributed by atoms with Gasteiger partial charge in [0.2, 0.25) is 11.8 Å². The summed E-state index contributed by atoms with van der Waals surface area (Å²) in [5.74, 6) is -0.186. The molecule has 0 bridgehead atoms. The molecule has 0 unspecified atom stereocenters. The third-order valence-corrected chi connectivity index (χ3v) is 4.61. The lowest BCUT2D eigenvalue weighted by molar-refractivity contribution is -0.139. The van der Waals surface area contributed by atoms with Crippen LogP contribution in [0.4, 0.5) is 5.82 Å². The first-order chi connectivity index (χ1) is 13.7. The van der Waals surface area contributed by atoms with Crippen LogP contribution in [0.2, 0.25) is 0 Å². The van der Waals surface area contributed by atoms with E-state index in [1.165, 1.54) is 19.1 Å². The molecule has 0 aliphatic carbocycles. The van der Waals surface area contributed by atoms with E-state index >= 15 is 0 Å². The predicted octanol–water partition coefficient (Wildman–Crippen LogP) is 1.75. The Morgan fingerprint density at radius 1 is 1.18 bits per heavy atom. The molecule has 1 N–H and O–H groups in total. The zero-order chi connectivity index (χ0) is 19.6. The molecule has 1 aromatic carbocycles. The Bertz CT molecular complexity index is 730. The van der Waals surface area contributed by atoms with Crippen molar-refractivity contribution in [2.45, 2.75) is 19.4 Å². The number of likely N-dealkylation sites (tertiary alicyclic amines) is 1. The fourth-order valence-electron chi connectivity index (χ4n) is 3.11. The number of rotatable bonds is 10. The number of nitrogens with one attached hydrogen (secondary N) is 1. The van der Waals surface area contributed by atoms with E-state index in [2.05, 4.69) is 15.4 Å². The summed E-state index contributed by atoms with van der Waals surface area (Å²) in [4.78, 5) is 28.8. The maximum absolute atomic E-state index is 12.6. The van der Waals surface area contributed by atoms with Crippen molar-refractivity contribution >= 4 is 17.6 Å². The first kappa shape index (κ1) is 20.0. The van der Waals surface area contributed by atoms with Crippen molar-refractivity contribution in [3.8, 4) is 0 Å². The number of hydrogen-bond donors (Lipinski definition) is 1. The van der Waals surface area contributed by atoms with E-state index < -0.39 is 0 Å². The van der Waals surface area contributed by atoms with Crippen LogP contribution in [0.1, 0.15) is 18.4 Å². The maximum atomic E-state index is 12.6. The second-order valence-electron chi connectivity index (χ2n) is 6.78. The zero-order valence-electron chi connectivity index (χ0n) is 15.9. The number of ether oxygens (including phenoxy) is 1. The van der Waals surface area contributed by atoms with E-state index in [9.17, 15) is 9.59 Å². The van der Waals surface area contributed by atoms with Crippen molar-refractivity contribution in [2.24, 2.45) is 0 Å². The highest BCUT2D eigenvalue weighted by atomic mass is 16.5. The molecule has 3 rings (SSSR count). The third kappa shape index (κ3) is 6.47. The molecule has 1 aliphatic heterocycles. The molecule has 0 spiro atoms. The number of aromatic nitrogens is 1. The summed E-state index contributed by atoms with van der Waals surface area (Å²) in [5.41, 5.74) is 1.00. The minimum atomic E-state index is -0.313. The monoisotopic (exact) mass is 386 g/mol. The lowest BCUT2D eigenvalue weighted by Gasteiger charge is -2.25. The average Bonchev–Trinajstić information content (AvgIpc) is 3.40. The Morgan fingerprint density at radius 3 is 2.68 bits per heavy atom. The van der Waals surface area contributed by atoms with Gasteiger partial charge in [0.15, 0.2) is 5.82 Å². The van der Waals surface area contributed by atoms with Crippen molar-refractivity contribution in [1.82, 2.24) is 15.0 Å². The Kier molecular flexibility index (Phi) is 7.57. The van der Waals surface area contributed by atoms with Gasteiger partial charge in [-0.1, -0.05) is 35.5 Å². The van der Waals surface area contributed by atoms with Gasteiger partial charge in [0.1, 0.15) is 19.4 Å². The van der Waals surface area contributed by atoms with Gasteiger partial charge in [-0.3, -0.25) is 9.59 Å². The molecule has 1 fully saturated rings. The van der Waals surface area contributed by atoms with Crippen LogP contribution in [-0.2, 0) is 20.9 Å². The van der Waals surface area contributed by atoms with Crippen molar-refractivity contribution in [2.75, 3.05) is 44.6 Å². The molecule has 2 amide bonds. The Balaban J connectivity index is 1.50. The first-order valence-electron chi connectivity index (χ1n) is 9.53. The van der Waals surface area contributed by atoms with Gasteiger partial charge in [-0.2, -0.15) is 0 Å². The highest BCUT2D eigenvalue weighted by Crippen LogP contribution is 2.08. The van der Waals surface area contributed by atoms with E-state index in [0.717, 1.165) is 25.2 Å². The lowest BCUT2D eigenvalue weighted by atomic mass is 10.2. The lowest BCUT2D eigenvalue weighted by Crippen LogP contribution is -2.43. The smallest absolute Gasteiger partial charge is 0.249 e. The fourth-order valence-corrected chi connectivity index (χ4v) is 3.11. The van der Waals surface area contributed by atoms with E-state index in [1.807, 2.05) is 30.3 Å². The predicted molar refractivity (Wildman–Crippen MR) is 103 cm³/mol. The van der Waals surface area contributed by atoms with Crippen LogP contribution in [0.15, 0.2) is 47.2 Å². The Hall–Kier alpha value is -2.71. The van der Waals surface area contributed by atoms with Gasteiger partial charge < -0.3 is 24.4 Å². The molecule has 0 atom stereocenters. The second kappa shape index (κ2) is 10.6. The average molecular weight is 386 g/mol. The summed E-state index contributed by atoms with van der Waals surface area (Å²) in [5, 5.41) is 6.28.